The van der Waals surface area contributed by atoms with Gasteiger partial charge in [0, 0.05) is 6.20 Å². The zero-order chi connectivity index (χ0) is 10.8. The summed E-state index contributed by atoms with van der Waals surface area (Å²) in [6.07, 6.45) is 0.979. The monoisotopic (exact) mass is 237 g/mol. The molecular formula is C11H8ClNOS. The van der Waals surface area contributed by atoms with E-state index in [1.807, 2.05) is 11.4 Å². The number of rotatable bonds is 0. The van der Waals surface area contributed by atoms with Crippen LogP contribution in [0.2, 0.25) is 5.02 Å². The quantitative estimate of drug-likeness (QED) is 0.715. The van der Waals surface area contributed by atoms with Gasteiger partial charge in [0.05, 0.1) is 20.8 Å². The van der Waals surface area contributed by atoms with Crippen LogP contribution in [0.15, 0.2) is 17.6 Å². The molecule has 0 amide bonds. The summed E-state index contributed by atoms with van der Waals surface area (Å²) in [6.45, 7) is 1.61. The highest BCUT2D eigenvalue weighted by atomic mass is 35.5. The number of hydrogen-bond acceptors (Lipinski definition) is 3. The topological polar surface area (TPSA) is 33.1 Å². The van der Waals surface area contributed by atoms with Crippen LogP contribution in [0.1, 0.15) is 12.5 Å². The molecule has 0 aromatic carbocycles. The van der Waals surface area contributed by atoms with Crippen LogP contribution in [0.25, 0.3) is 10.2 Å². The van der Waals surface area contributed by atoms with Crippen molar-refractivity contribution in [1.82, 2.24) is 4.98 Å². The van der Waals surface area contributed by atoms with Gasteiger partial charge in [0.15, 0.2) is 0 Å². The molecule has 2 rings (SSSR count). The van der Waals surface area contributed by atoms with Crippen molar-refractivity contribution in [2.75, 3.05) is 0 Å². The number of nitrogens with zero attached hydrogens (tertiary/aromatic N) is 1. The van der Waals surface area contributed by atoms with E-state index < -0.39 is 6.10 Å². The molecule has 0 aliphatic heterocycles. The van der Waals surface area contributed by atoms with Crippen LogP contribution in [0, 0.1) is 11.8 Å². The summed E-state index contributed by atoms with van der Waals surface area (Å²) in [5.41, 5.74) is 1.54. The van der Waals surface area contributed by atoms with Crippen molar-refractivity contribution in [2.24, 2.45) is 0 Å². The Bertz CT molecular complexity index is 550. The van der Waals surface area contributed by atoms with E-state index in [0.29, 0.717) is 10.6 Å². The lowest BCUT2D eigenvalue weighted by Gasteiger charge is -1.96. The SMILES string of the molecule is C[C@@H](O)C#Cc1cnc2ccsc2c1Cl. The van der Waals surface area contributed by atoms with Gasteiger partial charge in [0.1, 0.15) is 6.10 Å². The molecule has 0 aliphatic carbocycles. The number of thiophene rings is 1. The Morgan fingerprint density at radius 2 is 2.40 bits per heavy atom. The molecule has 2 nitrogen and oxygen atoms in total. The van der Waals surface area contributed by atoms with Crippen LogP contribution in [-0.4, -0.2) is 16.2 Å². The van der Waals surface area contributed by atoms with Crippen LogP contribution >= 0.6 is 22.9 Å². The Labute approximate surface area is 96.5 Å². The highest BCUT2D eigenvalue weighted by molar-refractivity contribution is 7.17. The first-order valence-corrected chi connectivity index (χ1v) is 5.65. The van der Waals surface area contributed by atoms with Crippen LogP contribution in [0.3, 0.4) is 0 Å². The predicted octanol–water partition coefficient (Wildman–Crippen LogP) is 2.68. The molecule has 1 N–H and O–H groups in total. The van der Waals surface area contributed by atoms with Gasteiger partial charge < -0.3 is 5.11 Å². The first-order valence-electron chi connectivity index (χ1n) is 4.40. The van der Waals surface area contributed by atoms with Crippen molar-refractivity contribution in [3.05, 3.63) is 28.2 Å². The Morgan fingerprint density at radius 1 is 1.60 bits per heavy atom. The standard InChI is InChI=1S/C11H8ClNOS/c1-7(14)2-3-8-6-13-9-4-5-15-11(9)10(8)12/h4-7,14H,1H3/t7-/m1/s1. The number of aliphatic hydroxyl groups excluding tert-OH is 1. The van der Waals surface area contributed by atoms with Gasteiger partial charge in [-0.25, -0.2) is 0 Å². The Kier molecular flexibility index (Phi) is 2.92. The first kappa shape index (κ1) is 10.4. The zero-order valence-corrected chi connectivity index (χ0v) is 9.56. The molecule has 0 bridgehead atoms. The van der Waals surface area contributed by atoms with E-state index in [1.165, 1.54) is 11.3 Å². The van der Waals surface area contributed by atoms with Crippen LogP contribution < -0.4 is 0 Å². The summed E-state index contributed by atoms with van der Waals surface area (Å²) >= 11 is 7.69. The fraction of sp³-hybridized carbons (Fsp3) is 0.182. The number of fused-ring (bicyclic) bond motifs is 1. The normalized spacial score (nSPS) is 12.2. The van der Waals surface area contributed by atoms with E-state index in [1.54, 1.807) is 13.1 Å². The van der Waals surface area contributed by atoms with Crippen molar-refractivity contribution in [3.63, 3.8) is 0 Å². The molecule has 0 spiro atoms. The van der Waals surface area contributed by atoms with Gasteiger partial charge in [-0.1, -0.05) is 23.4 Å². The van der Waals surface area contributed by atoms with E-state index in [-0.39, 0.29) is 0 Å². The minimum Gasteiger partial charge on any atom is -0.381 e. The molecule has 15 heavy (non-hydrogen) atoms. The number of halogens is 1. The van der Waals surface area contributed by atoms with Gasteiger partial charge in [0.25, 0.3) is 0 Å². The molecule has 2 aromatic rings. The van der Waals surface area contributed by atoms with Gasteiger partial charge in [-0.3, -0.25) is 4.98 Å². The number of hydrogen-bond donors (Lipinski definition) is 1. The number of pyridine rings is 1. The fourth-order valence-electron chi connectivity index (χ4n) is 1.15. The maximum Gasteiger partial charge on any atom is 0.112 e. The lowest BCUT2D eigenvalue weighted by Crippen LogP contribution is -1.93. The minimum absolute atomic E-state index is 0.614. The van der Waals surface area contributed by atoms with E-state index >= 15 is 0 Å². The van der Waals surface area contributed by atoms with E-state index in [9.17, 15) is 0 Å². The lowest BCUT2D eigenvalue weighted by atomic mass is 10.2. The van der Waals surface area contributed by atoms with Crippen molar-refractivity contribution in [3.8, 4) is 11.8 Å². The van der Waals surface area contributed by atoms with E-state index in [0.717, 1.165) is 10.2 Å². The summed E-state index contributed by atoms with van der Waals surface area (Å²) in [5, 5.41) is 11.6. The molecule has 76 valence electrons. The van der Waals surface area contributed by atoms with Gasteiger partial charge >= 0.3 is 0 Å². The number of aromatic nitrogens is 1. The van der Waals surface area contributed by atoms with Crippen molar-refractivity contribution < 1.29 is 5.11 Å². The van der Waals surface area contributed by atoms with Gasteiger partial charge in [-0.05, 0) is 18.4 Å². The van der Waals surface area contributed by atoms with E-state index in [2.05, 4.69) is 16.8 Å². The summed E-state index contributed by atoms with van der Waals surface area (Å²) < 4.78 is 0.939. The molecule has 0 fully saturated rings. The first-order chi connectivity index (χ1) is 7.18. The molecule has 1 atom stereocenters. The summed E-state index contributed by atoms with van der Waals surface area (Å²) in [5.74, 6) is 5.45. The third-order valence-electron chi connectivity index (χ3n) is 1.83. The molecule has 0 aliphatic rings. The van der Waals surface area contributed by atoms with Gasteiger partial charge in [-0.2, -0.15) is 0 Å². The predicted molar refractivity (Wildman–Crippen MR) is 63.2 cm³/mol. The maximum absolute atomic E-state index is 9.04. The molecule has 0 saturated carbocycles. The van der Waals surface area contributed by atoms with E-state index in [4.69, 9.17) is 16.7 Å². The van der Waals surface area contributed by atoms with Gasteiger partial charge in [0.2, 0.25) is 0 Å². The van der Waals surface area contributed by atoms with Crippen molar-refractivity contribution >= 4 is 33.2 Å². The molecule has 2 aromatic heterocycles. The van der Waals surface area contributed by atoms with Gasteiger partial charge in [-0.15, -0.1) is 11.3 Å². The molecule has 4 heteroatoms. The fourth-order valence-corrected chi connectivity index (χ4v) is 2.27. The summed E-state index contributed by atoms with van der Waals surface area (Å²) in [6, 6.07) is 1.91. The van der Waals surface area contributed by atoms with Crippen molar-refractivity contribution in [1.29, 1.82) is 0 Å². The number of aliphatic hydroxyl groups is 1. The van der Waals surface area contributed by atoms with Crippen LogP contribution in [0.5, 0.6) is 0 Å². The Hall–Kier alpha value is -1.08. The molecule has 0 unspecified atom stereocenters. The van der Waals surface area contributed by atoms with Crippen molar-refractivity contribution in [2.45, 2.75) is 13.0 Å². The maximum atomic E-state index is 9.04. The molecule has 0 radical (unpaired) electrons. The summed E-state index contributed by atoms with van der Waals surface area (Å²) in [7, 11) is 0. The molecular weight excluding hydrogens is 230 g/mol. The Balaban J connectivity index is 2.54. The molecule has 0 saturated heterocycles. The highest BCUT2D eigenvalue weighted by Gasteiger charge is 2.05. The average molecular weight is 238 g/mol. The third-order valence-corrected chi connectivity index (χ3v) is 3.25. The average Bonchev–Trinajstić information content (AvgIpc) is 2.65. The van der Waals surface area contributed by atoms with Crippen LogP contribution in [-0.2, 0) is 0 Å². The molecule has 2 heterocycles. The minimum atomic E-state index is -0.653. The zero-order valence-electron chi connectivity index (χ0n) is 7.99. The highest BCUT2D eigenvalue weighted by Crippen LogP contribution is 2.29. The second kappa shape index (κ2) is 4.19. The summed E-state index contributed by atoms with van der Waals surface area (Å²) in [4.78, 5) is 4.22. The second-order valence-electron chi connectivity index (χ2n) is 3.07. The smallest absolute Gasteiger partial charge is 0.112 e. The largest absolute Gasteiger partial charge is 0.381 e. The second-order valence-corrected chi connectivity index (χ2v) is 4.36. The Morgan fingerprint density at radius 3 is 3.13 bits per heavy atom. The third kappa shape index (κ3) is 2.13. The van der Waals surface area contributed by atoms with Crippen LogP contribution in [0.4, 0.5) is 0 Å². The lowest BCUT2D eigenvalue weighted by molar-refractivity contribution is 0.253.